The molecule has 1 rings (SSSR count). The van der Waals surface area contributed by atoms with Crippen LogP contribution in [0.15, 0.2) is 14.4 Å². The van der Waals surface area contributed by atoms with E-state index in [9.17, 15) is 24.0 Å². The van der Waals surface area contributed by atoms with E-state index in [1.807, 2.05) is 0 Å². The second-order valence-electron chi connectivity index (χ2n) is 4.52. The predicted octanol–water partition coefficient (Wildman–Crippen LogP) is -1.78. The molecule has 1 atom stereocenters. The first-order valence-corrected chi connectivity index (χ1v) is 6.02. The van der Waals surface area contributed by atoms with Crippen LogP contribution in [0.3, 0.4) is 0 Å². The van der Waals surface area contributed by atoms with Crippen molar-refractivity contribution >= 4 is 11.9 Å². The number of aromatic nitrogens is 3. The Bertz CT molecular complexity index is 740. The number of rotatable bonds is 6. The van der Waals surface area contributed by atoms with Gasteiger partial charge in [-0.1, -0.05) is 0 Å². The third-order valence-electron chi connectivity index (χ3n) is 2.91. The second kappa shape index (κ2) is 6.20. The van der Waals surface area contributed by atoms with Crippen molar-refractivity contribution in [3.05, 3.63) is 31.5 Å². The molecule has 1 aromatic rings. The molecule has 0 bridgehead atoms. The Morgan fingerprint density at radius 2 is 1.62 bits per heavy atom. The lowest BCUT2D eigenvalue weighted by molar-refractivity contribution is -0.138. The molecule has 0 fully saturated rings. The van der Waals surface area contributed by atoms with E-state index in [0.29, 0.717) is 13.7 Å². The van der Waals surface area contributed by atoms with E-state index in [4.69, 9.17) is 10.2 Å². The SMILES string of the molecule is CC(CC(=O)O)n1c(=O)n(C)c(=O)n(CCC(=O)O)c1=O. The van der Waals surface area contributed by atoms with Gasteiger partial charge in [0.25, 0.3) is 0 Å². The molecule has 2 N–H and O–H groups in total. The molecular weight excluding hydrogens is 286 g/mol. The lowest BCUT2D eigenvalue weighted by Gasteiger charge is -2.15. The second-order valence-corrected chi connectivity index (χ2v) is 4.52. The van der Waals surface area contributed by atoms with E-state index >= 15 is 0 Å². The number of nitrogens with zero attached hydrogens (tertiary/aromatic N) is 3. The Kier molecular flexibility index (Phi) is 4.84. The fraction of sp³-hybridized carbons (Fsp3) is 0.545. The van der Waals surface area contributed by atoms with Crippen LogP contribution < -0.4 is 17.1 Å². The van der Waals surface area contributed by atoms with E-state index in [1.165, 1.54) is 6.92 Å². The third kappa shape index (κ3) is 3.46. The first-order valence-electron chi connectivity index (χ1n) is 6.02. The molecule has 21 heavy (non-hydrogen) atoms. The molecule has 0 spiro atoms. The van der Waals surface area contributed by atoms with Gasteiger partial charge in [-0.05, 0) is 6.92 Å². The van der Waals surface area contributed by atoms with Gasteiger partial charge in [0.2, 0.25) is 0 Å². The zero-order valence-electron chi connectivity index (χ0n) is 11.5. The lowest BCUT2D eigenvalue weighted by atomic mass is 10.2. The molecule has 0 aromatic carbocycles. The summed E-state index contributed by atoms with van der Waals surface area (Å²) in [6.45, 7) is 0.948. The van der Waals surface area contributed by atoms with E-state index in [2.05, 4.69) is 0 Å². The van der Waals surface area contributed by atoms with E-state index in [1.54, 1.807) is 0 Å². The Labute approximate surface area is 117 Å². The zero-order valence-corrected chi connectivity index (χ0v) is 11.5. The molecule has 0 amide bonds. The maximum Gasteiger partial charge on any atom is 0.336 e. The van der Waals surface area contributed by atoms with Gasteiger partial charge in [-0.15, -0.1) is 0 Å². The summed E-state index contributed by atoms with van der Waals surface area (Å²) >= 11 is 0. The summed E-state index contributed by atoms with van der Waals surface area (Å²) in [7, 11) is 1.13. The van der Waals surface area contributed by atoms with Crippen LogP contribution in [0.25, 0.3) is 0 Å². The van der Waals surface area contributed by atoms with Crippen molar-refractivity contribution in [3.63, 3.8) is 0 Å². The van der Waals surface area contributed by atoms with Crippen LogP contribution in [-0.4, -0.2) is 35.9 Å². The topological polar surface area (TPSA) is 141 Å². The largest absolute Gasteiger partial charge is 0.481 e. The van der Waals surface area contributed by atoms with Gasteiger partial charge in [0, 0.05) is 13.6 Å². The van der Waals surface area contributed by atoms with E-state index in [0.717, 1.165) is 7.05 Å². The smallest absolute Gasteiger partial charge is 0.336 e. The van der Waals surface area contributed by atoms with E-state index < -0.39 is 54.4 Å². The quantitative estimate of drug-likeness (QED) is 0.632. The van der Waals surface area contributed by atoms with Gasteiger partial charge in [-0.2, -0.15) is 0 Å². The molecule has 0 saturated heterocycles. The van der Waals surface area contributed by atoms with Gasteiger partial charge in [0.05, 0.1) is 18.9 Å². The van der Waals surface area contributed by atoms with Crippen molar-refractivity contribution in [2.45, 2.75) is 32.4 Å². The van der Waals surface area contributed by atoms with Crippen molar-refractivity contribution in [1.82, 2.24) is 13.7 Å². The Morgan fingerprint density at radius 3 is 2.10 bits per heavy atom. The first kappa shape index (κ1) is 16.4. The summed E-state index contributed by atoms with van der Waals surface area (Å²) in [4.78, 5) is 57.1. The lowest BCUT2D eigenvalue weighted by Crippen LogP contribution is -2.54. The molecule has 1 unspecified atom stereocenters. The van der Waals surface area contributed by atoms with Crippen LogP contribution in [0.1, 0.15) is 25.8 Å². The van der Waals surface area contributed by atoms with Gasteiger partial charge in [0.1, 0.15) is 0 Å². The summed E-state index contributed by atoms with van der Waals surface area (Å²) < 4.78 is 1.88. The van der Waals surface area contributed by atoms with E-state index in [-0.39, 0.29) is 0 Å². The minimum absolute atomic E-state index is 0.402. The van der Waals surface area contributed by atoms with Crippen molar-refractivity contribution < 1.29 is 19.8 Å². The third-order valence-corrected chi connectivity index (χ3v) is 2.91. The van der Waals surface area contributed by atoms with Gasteiger partial charge in [-0.25, -0.2) is 28.1 Å². The van der Waals surface area contributed by atoms with Crippen molar-refractivity contribution in [3.8, 4) is 0 Å². The monoisotopic (exact) mass is 301 g/mol. The molecule has 10 nitrogen and oxygen atoms in total. The highest BCUT2D eigenvalue weighted by Gasteiger charge is 2.19. The molecule has 1 heterocycles. The summed E-state index contributed by atoms with van der Waals surface area (Å²) in [6, 6.07) is -0.967. The average molecular weight is 301 g/mol. The molecule has 0 aliphatic heterocycles. The van der Waals surface area contributed by atoms with Crippen molar-refractivity contribution in [2.75, 3.05) is 0 Å². The minimum Gasteiger partial charge on any atom is -0.481 e. The number of hydrogen-bond acceptors (Lipinski definition) is 5. The van der Waals surface area contributed by atoms with Gasteiger partial charge in [-0.3, -0.25) is 9.59 Å². The first-order chi connectivity index (χ1) is 9.66. The molecule has 0 aliphatic carbocycles. The fourth-order valence-corrected chi connectivity index (χ4v) is 1.84. The average Bonchev–Trinajstić information content (AvgIpc) is 2.35. The van der Waals surface area contributed by atoms with Crippen LogP contribution in [0.4, 0.5) is 0 Å². The maximum absolute atomic E-state index is 12.1. The predicted molar refractivity (Wildman–Crippen MR) is 69.4 cm³/mol. The normalized spacial score (nSPS) is 12.1. The summed E-state index contributed by atoms with van der Waals surface area (Å²) in [5.74, 6) is -2.42. The van der Waals surface area contributed by atoms with Crippen LogP contribution in [0, 0.1) is 0 Å². The van der Waals surface area contributed by atoms with Crippen molar-refractivity contribution in [2.24, 2.45) is 7.05 Å². The fourth-order valence-electron chi connectivity index (χ4n) is 1.84. The molecule has 10 heteroatoms. The highest BCUT2D eigenvalue weighted by molar-refractivity contribution is 5.67. The van der Waals surface area contributed by atoms with Crippen LogP contribution in [0.2, 0.25) is 0 Å². The number of carboxylic acid groups (broad SMARTS) is 2. The molecular formula is C11H15N3O7. The molecule has 0 radical (unpaired) electrons. The molecule has 116 valence electrons. The highest BCUT2D eigenvalue weighted by Crippen LogP contribution is 2.03. The van der Waals surface area contributed by atoms with Gasteiger partial charge >= 0.3 is 29.0 Å². The van der Waals surface area contributed by atoms with Crippen molar-refractivity contribution in [1.29, 1.82) is 0 Å². The Balaban J connectivity index is 3.48. The summed E-state index contributed by atoms with van der Waals surface area (Å²) in [6.07, 6.45) is -0.951. The zero-order chi connectivity index (χ0) is 16.3. The Morgan fingerprint density at radius 1 is 1.05 bits per heavy atom. The number of carboxylic acids is 2. The minimum atomic E-state index is -1.21. The number of hydrogen-bond donors (Lipinski definition) is 2. The standard InChI is InChI=1S/C11H15N3O7/c1-6(5-8(17)18)14-10(20)12(2)9(19)13(11(14)21)4-3-7(15)16/h6H,3-5H2,1-2H3,(H,15,16)(H,17,18). The molecule has 0 saturated carbocycles. The Hall–Kier alpha value is -2.65. The summed E-state index contributed by atoms with van der Waals surface area (Å²) in [5, 5.41) is 17.3. The van der Waals surface area contributed by atoms with Crippen LogP contribution >= 0.6 is 0 Å². The maximum atomic E-state index is 12.1. The van der Waals surface area contributed by atoms with Crippen LogP contribution in [0.5, 0.6) is 0 Å². The number of carbonyl (C=O) groups is 2. The van der Waals surface area contributed by atoms with Gasteiger partial charge in [0.15, 0.2) is 0 Å². The number of aliphatic carboxylic acids is 2. The highest BCUT2D eigenvalue weighted by atomic mass is 16.4. The molecule has 1 aromatic heterocycles. The van der Waals surface area contributed by atoms with Gasteiger partial charge < -0.3 is 10.2 Å². The van der Waals surface area contributed by atoms with Crippen LogP contribution in [-0.2, 0) is 23.2 Å². The summed E-state index contributed by atoms with van der Waals surface area (Å²) in [5.41, 5.74) is -2.89. The molecule has 0 aliphatic rings.